The highest BCUT2D eigenvalue weighted by Gasteiger charge is 2.20. The van der Waals surface area contributed by atoms with Crippen molar-refractivity contribution in [2.75, 3.05) is 27.9 Å². The molecular weight excluding hydrogens is 398 g/mol. The van der Waals surface area contributed by atoms with E-state index in [1.54, 1.807) is 17.9 Å². The maximum atomic E-state index is 12.6. The highest BCUT2D eigenvalue weighted by Crippen LogP contribution is 2.26. The Balaban J connectivity index is 1.96. The molecule has 3 rings (SSSR count). The number of carbonyl (C=O) groups is 2. The largest absolute Gasteiger partial charge is 0.497 e. The quantitative estimate of drug-likeness (QED) is 0.408. The van der Waals surface area contributed by atoms with Crippen LogP contribution in [0.1, 0.15) is 23.0 Å². The number of amides is 1. The number of methoxy groups -OCH3 is 1. The third-order valence-electron chi connectivity index (χ3n) is 4.75. The van der Waals surface area contributed by atoms with Gasteiger partial charge in [-0.05, 0) is 35.9 Å². The normalized spacial score (nSPS) is 10.6. The molecule has 1 aromatic heterocycles. The van der Waals surface area contributed by atoms with Crippen LogP contribution in [0, 0.1) is 0 Å². The van der Waals surface area contributed by atoms with E-state index in [1.807, 2.05) is 48.5 Å². The number of aromatic nitrogens is 2. The van der Waals surface area contributed by atoms with Gasteiger partial charge in [0.05, 0.1) is 32.2 Å². The van der Waals surface area contributed by atoms with Gasteiger partial charge in [-0.2, -0.15) is 5.10 Å². The summed E-state index contributed by atoms with van der Waals surface area (Å²) in [6, 6.07) is 17.0. The number of hydroxylamine groups is 2. The lowest BCUT2D eigenvalue weighted by molar-refractivity contribution is -0.140. The van der Waals surface area contributed by atoms with Gasteiger partial charge in [-0.25, -0.2) is 9.75 Å². The molecule has 0 saturated carbocycles. The number of esters is 1. The predicted octanol–water partition coefficient (Wildman–Crippen LogP) is 3.29. The topological polar surface area (TPSA) is 82.9 Å². The van der Waals surface area contributed by atoms with Crippen LogP contribution in [0.15, 0.2) is 54.6 Å². The van der Waals surface area contributed by atoms with Gasteiger partial charge >= 0.3 is 5.97 Å². The van der Waals surface area contributed by atoms with Crippen LogP contribution in [-0.2, 0) is 20.8 Å². The van der Waals surface area contributed by atoms with E-state index in [4.69, 9.17) is 14.3 Å². The Morgan fingerprint density at radius 3 is 2.29 bits per heavy atom. The highest BCUT2D eigenvalue weighted by molar-refractivity contribution is 5.92. The second-order valence-electron chi connectivity index (χ2n) is 6.80. The first kappa shape index (κ1) is 22.0. The molecule has 1 heterocycles. The lowest BCUT2D eigenvalue weighted by Crippen LogP contribution is -2.25. The fourth-order valence-electron chi connectivity index (χ4n) is 3.01. The minimum absolute atomic E-state index is 0.258. The molecule has 162 valence electrons. The Morgan fingerprint density at radius 1 is 1.03 bits per heavy atom. The highest BCUT2D eigenvalue weighted by atomic mass is 16.7. The van der Waals surface area contributed by atoms with Gasteiger partial charge in [0, 0.05) is 26.0 Å². The minimum Gasteiger partial charge on any atom is -0.497 e. The summed E-state index contributed by atoms with van der Waals surface area (Å²) in [5.41, 5.74) is 3.72. The molecule has 0 atom stereocenters. The maximum absolute atomic E-state index is 12.6. The van der Waals surface area contributed by atoms with E-state index >= 15 is 0 Å². The Bertz CT molecular complexity index is 1040. The van der Waals surface area contributed by atoms with Crippen LogP contribution in [0.25, 0.3) is 16.9 Å². The molecule has 0 bridgehead atoms. The van der Waals surface area contributed by atoms with Gasteiger partial charge in [0.2, 0.25) is 0 Å². The molecule has 8 nitrogen and oxygen atoms in total. The Labute approximate surface area is 180 Å². The van der Waals surface area contributed by atoms with Crippen LogP contribution in [0.4, 0.5) is 0 Å². The molecule has 0 unspecified atom stereocenters. The SMILES string of the molecule is COc1ccc(-n2nc(C(=O)N(C)OC)cc2-c2ccc(CCOC(C)=O)cc2)cc1. The van der Waals surface area contributed by atoms with E-state index in [0.717, 1.165) is 33.3 Å². The van der Waals surface area contributed by atoms with Crippen LogP contribution in [0.2, 0.25) is 0 Å². The summed E-state index contributed by atoms with van der Waals surface area (Å²) in [5.74, 6) is 0.0808. The summed E-state index contributed by atoms with van der Waals surface area (Å²) < 4.78 is 11.9. The number of carbonyl (C=O) groups excluding carboxylic acids is 2. The minimum atomic E-state index is -0.353. The lowest BCUT2D eigenvalue weighted by atomic mass is 10.1. The molecule has 0 aliphatic carbocycles. The maximum Gasteiger partial charge on any atom is 0.302 e. The van der Waals surface area contributed by atoms with Gasteiger partial charge in [-0.3, -0.25) is 14.4 Å². The molecule has 0 radical (unpaired) electrons. The van der Waals surface area contributed by atoms with Crippen LogP contribution in [0.3, 0.4) is 0 Å². The monoisotopic (exact) mass is 423 g/mol. The van der Waals surface area contributed by atoms with Crippen LogP contribution in [0.5, 0.6) is 5.75 Å². The molecule has 3 aromatic rings. The first-order valence-corrected chi connectivity index (χ1v) is 9.72. The zero-order valence-corrected chi connectivity index (χ0v) is 18.0. The zero-order valence-electron chi connectivity index (χ0n) is 18.0. The van der Waals surface area contributed by atoms with Gasteiger partial charge in [-0.15, -0.1) is 0 Å². The summed E-state index contributed by atoms with van der Waals surface area (Å²) in [4.78, 5) is 28.5. The van der Waals surface area contributed by atoms with Crippen molar-refractivity contribution in [3.05, 3.63) is 65.9 Å². The second-order valence-corrected chi connectivity index (χ2v) is 6.80. The molecule has 31 heavy (non-hydrogen) atoms. The smallest absolute Gasteiger partial charge is 0.302 e. The van der Waals surface area contributed by atoms with Crippen molar-refractivity contribution in [1.29, 1.82) is 0 Å². The van der Waals surface area contributed by atoms with Crippen molar-refractivity contribution >= 4 is 11.9 Å². The van der Waals surface area contributed by atoms with Crippen LogP contribution in [-0.4, -0.2) is 54.6 Å². The molecular formula is C23H25N3O5. The molecule has 1 amide bonds. The lowest BCUT2D eigenvalue weighted by Gasteiger charge is -2.11. The molecule has 0 aliphatic heterocycles. The number of benzene rings is 2. The van der Waals surface area contributed by atoms with E-state index in [9.17, 15) is 9.59 Å². The summed E-state index contributed by atoms with van der Waals surface area (Å²) in [5, 5.41) is 5.65. The summed E-state index contributed by atoms with van der Waals surface area (Å²) in [6.45, 7) is 1.73. The summed E-state index contributed by atoms with van der Waals surface area (Å²) in [6.07, 6.45) is 0.625. The number of nitrogens with zero attached hydrogens (tertiary/aromatic N) is 3. The fourth-order valence-corrected chi connectivity index (χ4v) is 3.01. The molecule has 8 heteroatoms. The summed E-state index contributed by atoms with van der Waals surface area (Å²) in [7, 11) is 4.56. The van der Waals surface area contributed by atoms with Gasteiger partial charge in [0.25, 0.3) is 5.91 Å². The molecule has 0 N–H and O–H groups in total. The molecule has 0 fully saturated rings. The average molecular weight is 423 g/mol. The Kier molecular flexibility index (Phi) is 7.04. The first-order chi connectivity index (χ1) is 14.9. The van der Waals surface area contributed by atoms with Crippen LogP contribution >= 0.6 is 0 Å². The van der Waals surface area contributed by atoms with Crippen molar-refractivity contribution < 1.29 is 23.9 Å². The second kappa shape index (κ2) is 9.90. The molecule has 0 aliphatic rings. The van der Waals surface area contributed by atoms with Crippen molar-refractivity contribution in [2.45, 2.75) is 13.3 Å². The zero-order chi connectivity index (χ0) is 22.4. The number of ether oxygens (including phenoxy) is 2. The Hall–Kier alpha value is -3.65. The van der Waals surface area contributed by atoms with Crippen molar-refractivity contribution in [1.82, 2.24) is 14.8 Å². The van der Waals surface area contributed by atoms with E-state index in [1.165, 1.54) is 21.1 Å². The third kappa shape index (κ3) is 5.29. The standard InChI is InChI=1S/C23H25N3O5/c1-16(27)31-14-13-17-5-7-18(8-6-17)22-15-21(23(28)25(2)30-4)24-26(22)19-9-11-20(29-3)12-10-19/h5-12,15H,13-14H2,1-4H3. The first-order valence-electron chi connectivity index (χ1n) is 9.72. The number of hydrogen-bond acceptors (Lipinski definition) is 6. The molecule has 0 spiro atoms. The van der Waals surface area contributed by atoms with E-state index in [0.29, 0.717) is 13.0 Å². The number of rotatable bonds is 8. The van der Waals surface area contributed by atoms with Gasteiger partial charge in [-0.1, -0.05) is 24.3 Å². The molecule has 0 saturated heterocycles. The number of hydrogen-bond donors (Lipinski definition) is 0. The average Bonchev–Trinajstić information content (AvgIpc) is 3.23. The van der Waals surface area contributed by atoms with E-state index in [-0.39, 0.29) is 17.6 Å². The van der Waals surface area contributed by atoms with Crippen molar-refractivity contribution in [3.8, 4) is 22.7 Å². The van der Waals surface area contributed by atoms with Gasteiger partial charge < -0.3 is 9.47 Å². The summed E-state index contributed by atoms with van der Waals surface area (Å²) >= 11 is 0. The van der Waals surface area contributed by atoms with Crippen molar-refractivity contribution in [3.63, 3.8) is 0 Å². The van der Waals surface area contributed by atoms with E-state index < -0.39 is 0 Å². The fraction of sp³-hybridized carbons (Fsp3) is 0.261. The van der Waals surface area contributed by atoms with Crippen LogP contribution < -0.4 is 4.74 Å². The third-order valence-corrected chi connectivity index (χ3v) is 4.75. The Morgan fingerprint density at radius 2 is 1.71 bits per heavy atom. The van der Waals surface area contributed by atoms with Gasteiger partial charge in [0.15, 0.2) is 5.69 Å². The molecule has 2 aromatic carbocycles. The van der Waals surface area contributed by atoms with Crippen molar-refractivity contribution in [2.24, 2.45) is 0 Å². The predicted molar refractivity (Wildman–Crippen MR) is 115 cm³/mol. The van der Waals surface area contributed by atoms with E-state index in [2.05, 4.69) is 5.10 Å². The van der Waals surface area contributed by atoms with Gasteiger partial charge in [0.1, 0.15) is 5.75 Å².